The van der Waals surface area contributed by atoms with Gasteiger partial charge in [-0.15, -0.1) is 0 Å². The van der Waals surface area contributed by atoms with Gasteiger partial charge in [0.05, 0.1) is 62.0 Å². The van der Waals surface area contributed by atoms with E-state index in [1.165, 1.54) is 10.4 Å². The standard InChI is InChI=1S/C23H30N4O6S/c1-31-22-5-3-2-4-19(22)24-17-23(28)25-20-16-18(34(29,30)27-10-14-33-15-11-27)6-7-21(20)26-8-12-32-13-9-26/h2-7,16,24H,8-15,17H2,1H3,(H,25,28). The van der Waals surface area contributed by atoms with Gasteiger partial charge in [0.1, 0.15) is 5.75 Å². The van der Waals surface area contributed by atoms with Gasteiger partial charge in [-0.3, -0.25) is 4.79 Å². The first-order chi connectivity index (χ1) is 16.5. The molecule has 2 aromatic rings. The second-order valence-electron chi connectivity index (χ2n) is 7.90. The minimum Gasteiger partial charge on any atom is -0.495 e. The van der Waals surface area contributed by atoms with E-state index in [2.05, 4.69) is 15.5 Å². The van der Waals surface area contributed by atoms with Crippen molar-refractivity contribution in [1.29, 1.82) is 0 Å². The number of carbonyl (C=O) groups is 1. The lowest BCUT2D eigenvalue weighted by atomic mass is 10.2. The van der Waals surface area contributed by atoms with E-state index >= 15 is 0 Å². The van der Waals surface area contributed by atoms with Crippen molar-refractivity contribution in [2.75, 3.05) is 81.8 Å². The summed E-state index contributed by atoms with van der Waals surface area (Å²) in [5.41, 5.74) is 1.90. The third kappa shape index (κ3) is 5.61. The summed E-state index contributed by atoms with van der Waals surface area (Å²) in [6, 6.07) is 12.2. The number of hydrogen-bond donors (Lipinski definition) is 2. The SMILES string of the molecule is COc1ccccc1NCC(=O)Nc1cc(S(=O)(=O)N2CCOCC2)ccc1N1CCOCC1. The molecule has 0 saturated carbocycles. The van der Waals surface area contributed by atoms with Crippen molar-refractivity contribution >= 4 is 33.0 Å². The molecule has 184 valence electrons. The summed E-state index contributed by atoms with van der Waals surface area (Å²) < 4.78 is 43.8. The van der Waals surface area contributed by atoms with Crippen molar-refractivity contribution in [3.63, 3.8) is 0 Å². The maximum Gasteiger partial charge on any atom is 0.243 e. The summed E-state index contributed by atoms with van der Waals surface area (Å²) in [6.45, 7) is 3.76. The van der Waals surface area contributed by atoms with Crippen LogP contribution >= 0.6 is 0 Å². The molecule has 2 N–H and O–H groups in total. The monoisotopic (exact) mass is 490 g/mol. The Balaban J connectivity index is 1.56. The Bertz CT molecular complexity index is 1100. The summed E-state index contributed by atoms with van der Waals surface area (Å²) >= 11 is 0. The third-order valence-corrected chi connectivity index (χ3v) is 7.64. The highest BCUT2D eigenvalue weighted by Crippen LogP contribution is 2.31. The van der Waals surface area contributed by atoms with Gasteiger partial charge in [0.15, 0.2) is 0 Å². The average molecular weight is 491 g/mol. The molecule has 0 aromatic heterocycles. The summed E-state index contributed by atoms with van der Waals surface area (Å²) in [6.07, 6.45) is 0. The third-order valence-electron chi connectivity index (χ3n) is 5.75. The molecule has 0 bridgehead atoms. The fourth-order valence-corrected chi connectivity index (χ4v) is 5.39. The molecule has 0 aliphatic carbocycles. The summed E-state index contributed by atoms with van der Waals surface area (Å²) in [5, 5.41) is 5.97. The fraction of sp³-hybridized carbons (Fsp3) is 0.435. The Kier molecular flexibility index (Phi) is 7.88. The number of amides is 1. The number of morpholine rings is 2. The van der Waals surface area contributed by atoms with Crippen LogP contribution in [-0.4, -0.2) is 84.9 Å². The van der Waals surface area contributed by atoms with Crippen molar-refractivity contribution in [3.05, 3.63) is 42.5 Å². The van der Waals surface area contributed by atoms with E-state index in [0.717, 1.165) is 5.69 Å². The molecule has 2 heterocycles. The first-order valence-electron chi connectivity index (χ1n) is 11.2. The maximum absolute atomic E-state index is 13.2. The van der Waals surface area contributed by atoms with E-state index in [9.17, 15) is 13.2 Å². The Morgan fingerprint density at radius 3 is 2.35 bits per heavy atom. The molecule has 2 saturated heterocycles. The van der Waals surface area contributed by atoms with Gasteiger partial charge in [-0.05, 0) is 30.3 Å². The topological polar surface area (TPSA) is 109 Å². The maximum atomic E-state index is 13.2. The molecular formula is C23H30N4O6S. The molecule has 11 heteroatoms. The number of para-hydroxylation sites is 2. The van der Waals surface area contributed by atoms with Gasteiger partial charge in [0.25, 0.3) is 0 Å². The van der Waals surface area contributed by atoms with E-state index in [4.69, 9.17) is 14.2 Å². The molecular weight excluding hydrogens is 460 g/mol. The number of nitrogens with zero attached hydrogens (tertiary/aromatic N) is 2. The number of ether oxygens (including phenoxy) is 3. The molecule has 10 nitrogen and oxygen atoms in total. The normalized spacial score (nSPS) is 17.3. The first kappa shape index (κ1) is 24.3. The van der Waals surface area contributed by atoms with Crippen LogP contribution < -0.4 is 20.3 Å². The van der Waals surface area contributed by atoms with Gasteiger partial charge in [-0.25, -0.2) is 8.42 Å². The van der Waals surface area contributed by atoms with E-state index in [1.54, 1.807) is 25.3 Å². The van der Waals surface area contributed by atoms with Crippen molar-refractivity contribution in [3.8, 4) is 5.75 Å². The van der Waals surface area contributed by atoms with Crippen molar-refractivity contribution in [2.45, 2.75) is 4.90 Å². The molecule has 2 aliphatic rings. The predicted molar refractivity (Wildman–Crippen MR) is 129 cm³/mol. The second kappa shape index (κ2) is 11.0. The molecule has 0 unspecified atom stereocenters. The van der Waals surface area contributed by atoms with E-state index in [1.807, 2.05) is 18.2 Å². The molecule has 4 rings (SSSR count). The molecule has 2 fully saturated rings. The molecule has 0 radical (unpaired) electrons. The van der Waals surface area contributed by atoms with Crippen molar-refractivity contribution in [2.24, 2.45) is 0 Å². The van der Waals surface area contributed by atoms with Crippen LogP contribution in [0.1, 0.15) is 0 Å². The van der Waals surface area contributed by atoms with Crippen LogP contribution in [0.5, 0.6) is 5.75 Å². The number of rotatable bonds is 8. The van der Waals surface area contributed by atoms with Gasteiger partial charge in [0, 0.05) is 26.2 Å². The predicted octanol–water partition coefficient (Wildman–Crippen LogP) is 1.60. The van der Waals surface area contributed by atoms with Crippen molar-refractivity contribution < 1.29 is 27.4 Å². The quantitative estimate of drug-likeness (QED) is 0.575. The molecule has 0 spiro atoms. The minimum absolute atomic E-state index is 0.0105. The summed E-state index contributed by atoms with van der Waals surface area (Å²) in [4.78, 5) is 15.1. The Morgan fingerprint density at radius 1 is 0.971 bits per heavy atom. The first-order valence-corrected chi connectivity index (χ1v) is 12.6. The zero-order valence-electron chi connectivity index (χ0n) is 19.2. The Morgan fingerprint density at radius 2 is 1.65 bits per heavy atom. The summed E-state index contributed by atoms with van der Waals surface area (Å²) in [7, 11) is -2.14. The smallest absolute Gasteiger partial charge is 0.243 e. The van der Waals surface area contributed by atoms with Gasteiger partial charge in [0.2, 0.25) is 15.9 Å². The number of benzene rings is 2. The molecule has 2 aliphatic heterocycles. The van der Waals surface area contributed by atoms with Crippen LogP contribution in [0.4, 0.5) is 17.1 Å². The number of hydrogen-bond acceptors (Lipinski definition) is 8. The highest BCUT2D eigenvalue weighted by molar-refractivity contribution is 7.89. The number of nitrogens with one attached hydrogen (secondary N) is 2. The minimum atomic E-state index is -3.71. The van der Waals surface area contributed by atoms with Crippen LogP contribution in [0, 0.1) is 0 Å². The van der Waals surface area contributed by atoms with E-state index in [-0.39, 0.29) is 17.3 Å². The second-order valence-corrected chi connectivity index (χ2v) is 9.83. The van der Waals surface area contributed by atoms with Crippen LogP contribution in [-0.2, 0) is 24.3 Å². The van der Waals surface area contributed by atoms with Crippen LogP contribution in [0.25, 0.3) is 0 Å². The molecule has 34 heavy (non-hydrogen) atoms. The number of sulfonamides is 1. The number of carbonyl (C=O) groups excluding carboxylic acids is 1. The lowest BCUT2D eigenvalue weighted by molar-refractivity contribution is -0.114. The van der Waals surface area contributed by atoms with Gasteiger partial charge in [-0.1, -0.05) is 12.1 Å². The average Bonchev–Trinajstić information content (AvgIpc) is 2.88. The highest BCUT2D eigenvalue weighted by atomic mass is 32.2. The van der Waals surface area contributed by atoms with Gasteiger partial charge < -0.3 is 29.7 Å². The number of anilines is 3. The van der Waals surface area contributed by atoms with E-state index in [0.29, 0.717) is 69.7 Å². The van der Waals surface area contributed by atoms with Crippen LogP contribution in [0.2, 0.25) is 0 Å². The zero-order valence-corrected chi connectivity index (χ0v) is 20.0. The molecule has 0 atom stereocenters. The molecule has 1 amide bonds. The fourth-order valence-electron chi connectivity index (χ4n) is 3.95. The van der Waals surface area contributed by atoms with Gasteiger partial charge in [-0.2, -0.15) is 4.31 Å². The largest absolute Gasteiger partial charge is 0.495 e. The van der Waals surface area contributed by atoms with Crippen LogP contribution in [0.15, 0.2) is 47.4 Å². The lowest BCUT2D eigenvalue weighted by Crippen LogP contribution is -2.40. The van der Waals surface area contributed by atoms with Gasteiger partial charge >= 0.3 is 0 Å². The highest BCUT2D eigenvalue weighted by Gasteiger charge is 2.28. The van der Waals surface area contributed by atoms with E-state index < -0.39 is 10.0 Å². The Hall–Kier alpha value is -2.86. The number of methoxy groups -OCH3 is 1. The molecule has 2 aromatic carbocycles. The zero-order chi connectivity index (χ0) is 24.0. The van der Waals surface area contributed by atoms with Crippen LogP contribution in [0.3, 0.4) is 0 Å². The Labute approximate surface area is 199 Å². The summed E-state index contributed by atoms with van der Waals surface area (Å²) in [5.74, 6) is 0.323. The lowest BCUT2D eigenvalue weighted by Gasteiger charge is -2.31. The van der Waals surface area contributed by atoms with Crippen molar-refractivity contribution in [1.82, 2.24) is 4.31 Å².